The summed E-state index contributed by atoms with van der Waals surface area (Å²) >= 11 is 1.66. The van der Waals surface area contributed by atoms with E-state index in [9.17, 15) is 0 Å². The Labute approximate surface area is 87.0 Å². The first kappa shape index (κ1) is 8.56. The van der Waals surface area contributed by atoms with Crippen LogP contribution in [0, 0.1) is 0 Å². The summed E-state index contributed by atoms with van der Waals surface area (Å²) in [6.07, 6.45) is 1.21. The average Bonchev–Trinajstić information content (AvgIpc) is 2.85. The topological polar surface area (TPSA) is 30.5 Å². The summed E-state index contributed by atoms with van der Waals surface area (Å²) in [6.45, 7) is 3.58. The number of ether oxygens (including phenoxy) is 2. The maximum absolute atomic E-state index is 5.66. The molecule has 0 radical (unpaired) electrons. The minimum atomic E-state index is 0.622. The molecule has 2 aliphatic heterocycles. The normalized spacial score (nSPS) is 25.3. The number of fused-ring (bicyclic) bond motifs is 1. The Balaban J connectivity index is 1.93. The average molecular weight is 211 g/mol. The third-order valence-electron chi connectivity index (χ3n) is 2.80. The Morgan fingerprint density at radius 3 is 3.14 bits per heavy atom. The highest BCUT2D eigenvalue weighted by atomic mass is 32.1. The van der Waals surface area contributed by atoms with Crippen LogP contribution in [-0.4, -0.2) is 26.3 Å². The Morgan fingerprint density at radius 2 is 2.29 bits per heavy atom. The predicted octanol–water partition coefficient (Wildman–Crippen LogP) is 1.60. The van der Waals surface area contributed by atoms with Gasteiger partial charge >= 0.3 is 0 Å². The van der Waals surface area contributed by atoms with Crippen molar-refractivity contribution < 1.29 is 9.47 Å². The van der Waals surface area contributed by atoms with Gasteiger partial charge in [0.15, 0.2) is 5.75 Å². The quantitative estimate of drug-likeness (QED) is 0.765. The van der Waals surface area contributed by atoms with E-state index in [-0.39, 0.29) is 0 Å². The molecule has 0 saturated carbocycles. The van der Waals surface area contributed by atoms with Gasteiger partial charge in [0.25, 0.3) is 0 Å². The van der Waals surface area contributed by atoms with Gasteiger partial charge in [-0.2, -0.15) is 0 Å². The molecule has 0 aliphatic carbocycles. The molecule has 1 fully saturated rings. The molecule has 0 bridgehead atoms. The van der Waals surface area contributed by atoms with E-state index in [1.54, 1.807) is 11.3 Å². The summed E-state index contributed by atoms with van der Waals surface area (Å²) in [5, 5.41) is 6.53. The van der Waals surface area contributed by atoms with Crippen molar-refractivity contribution in [3.05, 3.63) is 10.9 Å². The third-order valence-corrected chi connectivity index (χ3v) is 3.69. The highest BCUT2D eigenvalue weighted by Crippen LogP contribution is 2.44. The van der Waals surface area contributed by atoms with Gasteiger partial charge in [-0.05, 0) is 13.0 Å². The molecule has 1 aromatic heterocycles. The van der Waals surface area contributed by atoms with E-state index in [0.717, 1.165) is 23.9 Å². The molecule has 3 nitrogen and oxygen atoms in total. The number of rotatable bonds is 1. The number of hydrogen-bond donors (Lipinski definition) is 1. The van der Waals surface area contributed by atoms with Crippen molar-refractivity contribution in [1.82, 2.24) is 5.32 Å². The van der Waals surface area contributed by atoms with Crippen LogP contribution in [-0.2, 0) is 0 Å². The van der Waals surface area contributed by atoms with Crippen LogP contribution in [0.2, 0.25) is 0 Å². The zero-order valence-corrected chi connectivity index (χ0v) is 8.73. The lowest BCUT2D eigenvalue weighted by Gasteiger charge is -2.17. The van der Waals surface area contributed by atoms with Crippen LogP contribution in [0.3, 0.4) is 0 Å². The van der Waals surface area contributed by atoms with Gasteiger partial charge in [0.2, 0.25) is 5.06 Å². The molecule has 1 aromatic rings. The molecule has 3 heterocycles. The Morgan fingerprint density at radius 1 is 1.36 bits per heavy atom. The van der Waals surface area contributed by atoms with Crippen LogP contribution in [0.25, 0.3) is 0 Å². The second-order valence-corrected chi connectivity index (χ2v) is 4.54. The predicted molar refractivity (Wildman–Crippen MR) is 55.5 cm³/mol. The van der Waals surface area contributed by atoms with Crippen molar-refractivity contribution in [3.8, 4) is 10.8 Å². The maximum Gasteiger partial charge on any atom is 0.217 e. The van der Waals surface area contributed by atoms with Gasteiger partial charge in [-0.1, -0.05) is 0 Å². The summed E-state index contributed by atoms with van der Waals surface area (Å²) < 4.78 is 11.2. The Bertz CT molecular complexity index is 331. The molecule has 1 N–H and O–H groups in total. The van der Waals surface area contributed by atoms with Gasteiger partial charge in [-0.15, -0.1) is 11.3 Å². The van der Waals surface area contributed by atoms with Gasteiger partial charge in [0, 0.05) is 23.4 Å². The molecule has 76 valence electrons. The van der Waals surface area contributed by atoms with E-state index in [2.05, 4.69) is 10.7 Å². The lowest BCUT2D eigenvalue weighted by atomic mass is 10.0. The zero-order chi connectivity index (χ0) is 9.38. The van der Waals surface area contributed by atoms with Crippen molar-refractivity contribution >= 4 is 11.3 Å². The second-order valence-electron chi connectivity index (χ2n) is 3.69. The van der Waals surface area contributed by atoms with Gasteiger partial charge in [-0.25, -0.2) is 0 Å². The van der Waals surface area contributed by atoms with Crippen molar-refractivity contribution in [2.24, 2.45) is 0 Å². The first-order valence-electron chi connectivity index (χ1n) is 5.03. The van der Waals surface area contributed by atoms with E-state index < -0.39 is 0 Å². The summed E-state index contributed by atoms with van der Waals surface area (Å²) in [6, 6.07) is 0. The van der Waals surface area contributed by atoms with Crippen molar-refractivity contribution in [1.29, 1.82) is 0 Å². The largest absolute Gasteiger partial charge is 0.485 e. The van der Waals surface area contributed by atoms with Gasteiger partial charge in [0.05, 0.1) is 0 Å². The van der Waals surface area contributed by atoms with Crippen molar-refractivity contribution in [2.45, 2.75) is 12.3 Å². The number of hydrogen-bond acceptors (Lipinski definition) is 4. The highest BCUT2D eigenvalue weighted by Gasteiger charge is 2.26. The van der Waals surface area contributed by atoms with Gasteiger partial charge < -0.3 is 14.8 Å². The Hall–Kier alpha value is -0.740. The molecular formula is C10H13NO2S. The smallest absolute Gasteiger partial charge is 0.217 e. The zero-order valence-electron chi connectivity index (χ0n) is 7.91. The van der Waals surface area contributed by atoms with Crippen LogP contribution in [0.4, 0.5) is 0 Å². The first-order chi connectivity index (χ1) is 6.95. The van der Waals surface area contributed by atoms with Crippen molar-refractivity contribution in [3.63, 3.8) is 0 Å². The van der Waals surface area contributed by atoms with E-state index >= 15 is 0 Å². The molecule has 2 aliphatic rings. The fourth-order valence-electron chi connectivity index (χ4n) is 2.06. The van der Waals surface area contributed by atoms with Crippen LogP contribution in [0.5, 0.6) is 10.8 Å². The molecule has 1 unspecified atom stereocenters. The maximum atomic E-state index is 5.66. The molecule has 0 aromatic carbocycles. The van der Waals surface area contributed by atoms with E-state index in [4.69, 9.17) is 9.47 Å². The third kappa shape index (κ3) is 1.29. The summed E-state index contributed by atoms with van der Waals surface area (Å²) in [4.78, 5) is 0. The van der Waals surface area contributed by atoms with E-state index in [0.29, 0.717) is 19.1 Å². The highest BCUT2D eigenvalue weighted by molar-refractivity contribution is 7.12. The van der Waals surface area contributed by atoms with E-state index in [1.165, 1.54) is 12.0 Å². The minimum Gasteiger partial charge on any atom is -0.485 e. The monoisotopic (exact) mass is 211 g/mol. The van der Waals surface area contributed by atoms with Crippen LogP contribution in [0.1, 0.15) is 17.9 Å². The minimum absolute atomic E-state index is 0.622. The van der Waals surface area contributed by atoms with E-state index in [1.807, 2.05) is 0 Å². The first-order valence-corrected chi connectivity index (χ1v) is 5.91. The Kier molecular flexibility index (Phi) is 2.10. The fraction of sp³-hybridized carbons (Fsp3) is 0.600. The summed E-state index contributed by atoms with van der Waals surface area (Å²) in [5.41, 5.74) is 1.34. The molecule has 3 rings (SSSR count). The lowest BCUT2D eigenvalue weighted by Crippen LogP contribution is -2.15. The standard InChI is InChI=1S/C10H13NO2S/c1-2-11-5-7(1)8-6-14-10-9(8)12-3-4-13-10/h6-7,11H,1-5H2. The lowest BCUT2D eigenvalue weighted by molar-refractivity contribution is 0.176. The molecule has 0 amide bonds. The molecule has 1 atom stereocenters. The summed E-state index contributed by atoms with van der Waals surface area (Å²) in [5.74, 6) is 1.63. The molecule has 14 heavy (non-hydrogen) atoms. The van der Waals surface area contributed by atoms with Crippen molar-refractivity contribution in [2.75, 3.05) is 26.3 Å². The molecule has 0 spiro atoms. The van der Waals surface area contributed by atoms with Gasteiger partial charge in [0.1, 0.15) is 13.2 Å². The second kappa shape index (κ2) is 3.44. The van der Waals surface area contributed by atoms with Crippen LogP contribution >= 0.6 is 11.3 Å². The molecular weight excluding hydrogens is 198 g/mol. The molecule has 4 heteroatoms. The number of thiophene rings is 1. The summed E-state index contributed by atoms with van der Waals surface area (Å²) in [7, 11) is 0. The molecule has 1 saturated heterocycles. The van der Waals surface area contributed by atoms with Gasteiger partial charge in [-0.3, -0.25) is 0 Å². The van der Waals surface area contributed by atoms with Crippen LogP contribution < -0.4 is 14.8 Å². The SMILES string of the molecule is c1sc2c(c1C1CCNC1)OCCO2. The van der Waals surface area contributed by atoms with Crippen LogP contribution in [0.15, 0.2) is 5.38 Å². The number of nitrogens with one attached hydrogen (secondary N) is 1. The fourth-order valence-corrected chi connectivity index (χ4v) is 3.03.